The Kier molecular flexibility index (Phi) is 9.30. The number of aromatic nitrogens is 2. The lowest BCUT2D eigenvalue weighted by atomic mass is 10.1. The number of nitrogens with one attached hydrogen (secondary N) is 1. The van der Waals surface area contributed by atoms with Crippen LogP contribution in [0.25, 0.3) is 0 Å². The molecule has 5 nitrogen and oxygen atoms in total. The third kappa shape index (κ3) is 9.53. The van der Waals surface area contributed by atoms with E-state index in [1.165, 1.54) is 5.56 Å². The minimum absolute atomic E-state index is 0.186. The molecule has 0 aliphatic heterocycles. The molecule has 6 heteroatoms. The van der Waals surface area contributed by atoms with Crippen LogP contribution < -0.4 is 4.72 Å². The molecule has 1 N–H and O–H groups in total. The number of Topliss-reactive ketones (excluding diaryl/α,β-unsaturated/α-hetero) is 1. The fourth-order valence-corrected chi connectivity index (χ4v) is 2.86. The minimum atomic E-state index is -1.01. The van der Waals surface area contributed by atoms with Gasteiger partial charge < -0.3 is 0 Å². The molecule has 0 saturated carbocycles. The van der Waals surface area contributed by atoms with Crippen molar-refractivity contribution in [2.24, 2.45) is 0 Å². The molecule has 0 saturated heterocycles. The van der Waals surface area contributed by atoms with Crippen LogP contribution in [0.4, 0.5) is 0 Å². The highest BCUT2D eigenvalue weighted by Gasteiger charge is 2.21. The van der Waals surface area contributed by atoms with E-state index in [9.17, 15) is 9.00 Å². The van der Waals surface area contributed by atoms with Gasteiger partial charge >= 0.3 is 0 Å². The third-order valence-corrected chi connectivity index (χ3v) is 5.09. The molecular weight excluding hydrogens is 346 g/mol. The molecule has 0 aromatic carbocycles. The van der Waals surface area contributed by atoms with E-state index in [-0.39, 0.29) is 16.6 Å². The Morgan fingerprint density at radius 1 is 1.04 bits per heavy atom. The molecule has 26 heavy (non-hydrogen) atoms. The van der Waals surface area contributed by atoms with Crippen molar-refractivity contribution in [1.29, 1.82) is 0 Å². The SMILES string of the molecule is CC(=O)Cc1ccncc1.C[C@@H](Cc1ccncc1)N[S@](=O)C(C)(C)C. The summed E-state index contributed by atoms with van der Waals surface area (Å²) >= 11 is 0. The summed E-state index contributed by atoms with van der Waals surface area (Å²) in [7, 11) is -1.01. The van der Waals surface area contributed by atoms with E-state index >= 15 is 0 Å². The van der Waals surface area contributed by atoms with Gasteiger partial charge in [-0.05, 0) is 76.4 Å². The number of carbonyl (C=O) groups is 1. The number of rotatable bonds is 6. The molecule has 142 valence electrons. The average Bonchev–Trinajstić information content (AvgIpc) is 2.55. The normalized spacial score (nSPS) is 13.3. The maximum absolute atomic E-state index is 11.9. The van der Waals surface area contributed by atoms with Crippen molar-refractivity contribution >= 4 is 16.8 Å². The molecule has 0 unspecified atom stereocenters. The number of hydrogen-bond donors (Lipinski definition) is 1. The quantitative estimate of drug-likeness (QED) is 0.841. The fraction of sp³-hybridized carbons (Fsp3) is 0.450. The zero-order chi connectivity index (χ0) is 19.6. The van der Waals surface area contributed by atoms with Crippen molar-refractivity contribution in [2.45, 2.75) is 58.2 Å². The monoisotopic (exact) mass is 375 g/mol. The summed E-state index contributed by atoms with van der Waals surface area (Å²) in [6, 6.07) is 7.86. The molecule has 2 aromatic heterocycles. The smallest absolute Gasteiger partial charge is 0.134 e. The van der Waals surface area contributed by atoms with Gasteiger partial charge in [0.2, 0.25) is 0 Å². The summed E-state index contributed by atoms with van der Waals surface area (Å²) < 4.78 is 14.8. The third-order valence-electron chi connectivity index (χ3n) is 3.36. The summed E-state index contributed by atoms with van der Waals surface area (Å²) in [4.78, 5) is 18.4. The Morgan fingerprint density at radius 2 is 1.50 bits per heavy atom. The van der Waals surface area contributed by atoms with Gasteiger partial charge in [-0.1, -0.05) is 0 Å². The Balaban J connectivity index is 0.000000289. The summed E-state index contributed by atoms with van der Waals surface area (Å²) in [5.74, 6) is 0.186. The largest absolute Gasteiger partial charge is 0.300 e. The van der Waals surface area contributed by atoms with Gasteiger partial charge in [-0.3, -0.25) is 14.8 Å². The lowest BCUT2D eigenvalue weighted by Gasteiger charge is -2.21. The number of carbonyl (C=O) groups excluding carboxylic acids is 1. The molecule has 2 aromatic rings. The Labute approximate surface area is 159 Å². The molecular formula is C20H29N3O2S. The molecule has 0 amide bonds. The predicted molar refractivity (Wildman–Crippen MR) is 107 cm³/mol. The maximum atomic E-state index is 11.9. The first-order valence-electron chi connectivity index (χ1n) is 8.63. The van der Waals surface area contributed by atoms with Crippen molar-refractivity contribution < 1.29 is 9.00 Å². The second-order valence-electron chi connectivity index (χ2n) is 7.19. The Bertz CT molecular complexity index is 685. The van der Waals surface area contributed by atoms with Crippen molar-refractivity contribution in [3.05, 3.63) is 60.2 Å². The zero-order valence-electron chi connectivity index (χ0n) is 16.2. The van der Waals surface area contributed by atoms with Crippen molar-refractivity contribution in [1.82, 2.24) is 14.7 Å². The molecule has 2 heterocycles. The van der Waals surface area contributed by atoms with Gasteiger partial charge in [-0.15, -0.1) is 0 Å². The van der Waals surface area contributed by atoms with Gasteiger partial charge in [-0.2, -0.15) is 0 Å². The van der Waals surface area contributed by atoms with E-state index in [4.69, 9.17) is 0 Å². The van der Waals surface area contributed by atoms with E-state index in [1.807, 2.05) is 52.0 Å². The van der Waals surface area contributed by atoms with Crippen molar-refractivity contribution in [3.63, 3.8) is 0 Å². The van der Waals surface area contributed by atoms with Crippen LogP contribution in [-0.2, 0) is 28.6 Å². The zero-order valence-corrected chi connectivity index (χ0v) is 17.0. The van der Waals surface area contributed by atoms with Crippen LogP contribution in [0.5, 0.6) is 0 Å². The van der Waals surface area contributed by atoms with Gasteiger partial charge in [0.05, 0.1) is 15.7 Å². The van der Waals surface area contributed by atoms with Crippen molar-refractivity contribution in [3.8, 4) is 0 Å². The standard InChI is InChI=1S/C12H20N2OS.C8H9NO/c1-10(14-16(15)12(2,3)4)9-11-5-7-13-8-6-11;1-7(10)6-8-2-4-9-5-3-8/h5-8,10,14H,9H2,1-4H3;2-5H,6H2,1H3/t10-,16+;/m0./s1. The van der Waals surface area contributed by atoms with Gasteiger partial charge in [0.15, 0.2) is 0 Å². The highest BCUT2D eigenvalue weighted by molar-refractivity contribution is 7.84. The maximum Gasteiger partial charge on any atom is 0.134 e. The highest BCUT2D eigenvalue weighted by Crippen LogP contribution is 2.10. The Hall–Kier alpha value is -1.92. The van der Waals surface area contributed by atoms with Crippen LogP contribution in [0.3, 0.4) is 0 Å². The molecule has 0 aliphatic carbocycles. The number of nitrogens with zero attached hydrogens (tertiary/aromatic N) is 2. The van der Waals surface area contributed by atoms with E-state index in [2.05, 4.69) is 14.7 Å². The molecule has 2 rings (SSSR count). The first kappa shape index (κ1) is 22.1. The predicted octanol–water partition coefficient (Wildman–Crippen LogP) is 3.28. The second-order valence-corrected chi connectivity index (χ2v) is 9.19. The summed E-state index contributed by atoms with van der Waals surface area (Å²) in [5, 5.41) is 0. The molecule has 0 spiro atoms. The van der Waals surface area contributed by atoms with Crippen LogP contribution in [0.15, 0.2) is 49.1 Å². The number of hydrogen-bond acceptors (Lipinski definition) is 4. The molecule has 0 aliphatic rings. The van der Waals surface area contributed by atoms with E-state index in [1.54, 1.807) is 31.7 Å². The van der Waals surface area contributed by atoms with Gasteiger partial charge in [0.1, 0.15) is 5.78 Å². The van der Waals surface area contributed by atoms with Crippen LogP contribution in [0, 0.1) is 0 Å². The fourth-order valence-electron chi connectivity index (χ4n) is 2.06. The lowest BCUT2D eigenvalue weighted by molar-refractivity contribution is -0.116. The van der Waals surface area contributed by atoms with E-state index in [0.29, 0.717) is 6.42 Å². The molecule has 0 fully saturated rings. The van der Waals surface area contributed by atoms with Crippen LogP contribution >= 0.6 is 0 Å². The summed E-state index contributed by atoms with van der Waals surface area (Å²) in [5.41, 5.74) is 2.24. The van der Waals surface area contributed by atoms with E-state index in [0.717, 1.165) is 12.0 Å². The van der Waals surface area contributed by atoms with Crippen LogP contribution in [-0.4, -0.2) is 30.7 Å². The van der Waals surface area contributed by atoms with Gasteiger partial charge in [-0.25, -0.2) is 8.93 Å². The highest BCUT2D eigenvalue weighted by atomic mass is 32.2. The lowest BCUT2D eigenvalue weighted by Crippen LogP contribution is -2.39. The van der Waals surface area contributed by atoms with Crippen LogP contribution in [0.1, 0.15) is 45.7 Å². The average molecular weight is 376 g/mol. The number of pyridine rings is 2. The number of ketones is 1. The van der Waals surface area contributed by atoms with Gasteiger partial charge in [0.25, 0.3) is 0 Å². The van der Waals surface area contributed by atoms with E-state index < -0.39 is 11.0 Å². The molecule has 0 bridgehead atoms. The second kappa shape index (κ2) is 10.9. The summed E-state index contributed by atoms with van der Waals surface area (Å²) in [6.07, 6.45) is 8.33. The first-order chi connectivity index (χ1) is 12.2. The minimum Gasteiger partial charge on any atom is -0.300 e. The Morgan fingerprint density at radius 3 is 1.92 bits per heavy atom. The summed E-state index contributed by atoms with van der Waals surface area (Å²) in [6.45, 7) is 9.53. The van der Waals surface area contributed by atoms with Crippen molar-refractivity contribution in [2.75, 3.05) is 0 Å². The molecule has 2 atom stereocenters. The molecule has 0 radical (unpaired) electrons. The van der Waals surface area contributed by atoms with Gasteiger partial charge in [0, 0.05) is 37.3 Å². The first-order valence-corrected chi connectivity index (χ1v) is 9.78. The topological polar surface area (TPSA) is 72.0 Å². The van der Waals surface area contributed by atoms with Crippen LogP contribution in [0.2, 0.25) is 0 Å².